The van der Waals surface area contributed by atoms with E-state index < -0.39 is 36.3 Å². The zero-order valence-corrected chi connectivity index (χ0v) is 15.1. The Labute approximate surface area is 160 Å². The van der Waals surface area contributed by atoms with Crippen LogP contribution in [0.15, 0.2) is 54.6 Å². The van der Waals surface area contributed by atoms with Gasteiger partial charge in [-0.15, -0.1) is 0 Å². The topological polar surface area (TPSA) is 66.8 Å². The van der Waals surface area contributed by atoms with Crippen LogP contribution in [0, 0.1) is 0 Å². The van der Waals surface area contributed by atoms with Gasteiger partial charge in [0, 0.05) is 6.54 Å². The highest BCUT2D eigenvalue weighted by Crippen LogP contribution is 2.32. The van der Waals surface area contributed by atoms with Gasteiger partial charge in [0.15, 0.2) is 0 Å². The maximum Gasteiger partial charge on any atom is 0.416 e. The predicted molar refractivity (Wildman–Crippen MR) is 95.4 cm³/mol. The minimum Gasteiger partial charge on any atom is -0.481 e. The van der Waals surface area contributed by atoms with E-state index in [1.807, 2.05) is 6.07 Å². The van der Waals surface area contributed by atoms with E-state index in [2.05, 4.69) is 0 Å². The van der Waals surface area contributed by atoms with Gasteiger partial charge in [0.2, 0.25) is 0 Å². The lowest BCUT2D eigenvalue weighted by atomic mass is 10.0. The molecule has 2 aromatic carbocycles. The molecule has 8 heteroatoms. The van der Waals surface area contributed by atoms with Gasteiger partial charge < -0.3 is 14.7 Å². The van der Waals surface area contributed by atoms with Gasteiger partial charge in [-0.3, -0.25) is 4.79 Å². The zero-order chi connectivity index (χ0) is 20.7. The van der Waals surface area contributed by atoms with Crippen LogP contribution >= 0.6 is 0 Å². The Kier molecular flexibility index (Phi) is 7.03. The van der Waals surface area contributed by atoms with E-state index in [4.69, 9.17) is 4.74 Å². The Morgan fingerprint density at radius 1 is 1.07 bits per heavy atom. The van der Waals surface area contributed by atoms with E-state index in [1.165, 1.54) is 17.0 Å². The van der Waals surface area contributed by atoms with E-state index in [0.29, 0.717) is 0 Å². The van der Waals surface area contributed by atoms with Crippen molar-refractivity contribution < 1.29 is 32.6 Å². The Balaban J connectivity index is 2.20. The number of amides is 1. The molecule has 2 aromatic rings. The lowest BCUT2D eigenvalue weighted by molar-refractivity contribution is -0.139. The van der Waals surface area contributed by atoms with E-state index in [1.54, 1.807) is 31.2 Å². The number of hydrogen-bond donors (Lipinski definition) is 1. The van der Waals surface area contributed by atoms with Crippen molar-refractivity contribution in [3.05, 3.63) is 71.3 Å². The highest BCUT2D eigenvalue weighted by molar-refractivity contribution is 5.72. The first-order valence-electron chi connectivity index (χ1n) is 8.58. The van der Waals surface area contributed by atoms with Crippen molar-refractivity contribution in [2.45, 2.75) is 32.2 Å². The molecular formula is C20H20F3NO4. The van der Waals surface area contributed by atoms with Crippen LogP contribution in [0.1, 0.15) is 36.1 Å². The van der Waals surface area contributed by atoms with Crippen molar-refractivity contribution in [3.63, 3.8) is 0 Å². The molecule has 0 aliphatic rings. The van der Waals surface area contributed by atoms with E-state index >= 15 is 0 Å². The largest absolute Gasteiger partial charge is 0.481 e. The number of carboxylic acids is 1. The molecule has 2 rings (SSSR count). The first-order valence-corrected chi connectivity index (χ1v) is 8.58. The summed E-state index contributed by atoms with van der Waals surface area (Å²) in [5, 5.41) is 9.20. The molecular weight excluding hydrogens is 375 g/mol. The molecule has 5 nitrogen and oxygen atoms in total. The second kappa shape index (κ2) is 9.25. The predicted octanol–water partition coefficient (Wildman–Crippen LogP) is 4.88. The maximum atomic E-state index is 12.8. The van der Waals surface area contributed by atoms with Crippen LogP contribution in [-0.2, 0) is 22.3 Å². The molecule has 1 N–H and O–H groups in total. The number of hydrogen-bond acceptors (Lipinski definition) is 3. The van der Waals surface area contributed by atoms with Gasteiger partial charge in [-0.1, -0.05) is 42.5 Å². The third-order valence-electron chi connectivity index (χ3n) is 4.15. The summed E-state index contributed by atoms with van der Waals surface area (Å²) in [7, 11) is 0. The SMILES string of the molecule is CCN(C(=O)OCc1ccccc1)C(CC(=O)O)c1ccc(C(F)(F)F)cc1. The monoisotopic (exact) mass is 395 g/mol. The second-order valence-electron chi connectivity index (χ2n) is 6.06. The molecule has 0 saturated heterocycles. The maximum absolute atomic E-state index is 12.8. The average molecular weight is 395 g/mol. The van der Waals surface area contributed by atoms with Crippen molar-refractivity contribution in [1.29, 1.82) is 0 Å². The quantitative estimate of drug-likeness (QED) is 0.726. The molecule has 0 fully saturated rings. The minimum absolute atomic E-state index is 0.00295. The fourth-order valence-corrected chi connectivity index (χ4v) is 2.75. The van der Waals surface area contributed by atoms with Gasteiger partial charge in [-0.25, -0.2) is 4.79 Å². The Morgan fingerprint density at radius 3 is 2.18 bits per heavy atom. The van der Waals surface area contributed by atoms with Crippen molar-refractivity contribution in [2.24, 2.45) is 0 Å². The second-order valence-corrected chi connectivity index (χ2v) is 6.06. The van der Waals surface area contributed by atoms with Crippen LogP contribution in [0.2, 0.25) is 0 Å². The standard InChI is InChI=1S/C20H20F3NO4/c1-2-24(19(27)28-13-14-6-4-3-5-7-14)17(12-18(25)26)15-8-10-16(11-9-15)20(21,22)23/h3-11,17H,2,12-13H2,1H3,(H,25,26). The number of benzene rings is 2. The van der Waals surface area contributed by atoms with Crippen LogP contribution in [0.4, 0.5) is 18.0 Å². The smallest absolute Gasteiger partial charge is 0.416 e. The molecule has 1 amide bonds. The summed E-state index contributed by atoms with van der Waals surface area (Å²) in [5.74, 6) is -1.18. The van der Waals surface area contributed by atoms with Crippen molar-refractivity contribution >= 4 is 12.1 Å². The molecule has 0 aromatic heterocycles. The van der Waals surface area contributed by atoms with Gasteiger partial charge in [0.05, 0.1) is 18.0 Å². The number of carbonyl (C=O) groups is 2. The fourth-order valence-electron chi connectivity index (χ4n) is 2.75. The zero-order valence-electron chi connectivity index (χ0n) is 15.1. The summed E-state index contributed by atoms with van der Waals surface area (Å²) < 4.78 is 43.6. The molecule has 0 saturated carbocycles. The van der Waals surface area contributed by atoms with Crippen LogP contribution in [0.5, 0.6) is 0 Å². The minimum atomic E-state index is -4.50. The number of carbonyl (C=O) groups excluding carboxylic acids is 1. The van der Waals surface area contributed by atoms with Crippen molar-refractivity contribution in [3.8, 4) is 0 Å². The van der Waals surface area contributed by atoms with Gasteiger partial charge in [-0.05, 0) is 30.2 Å². The third kappa shape index (κ3) is 5.73. The van der Waals surface area contributed by atoms with Gasteiger partial charge in [-0.2, -0.15) is 13.2 Å². The number of ether oxygens (including phenoxy) is 1. The van der Waals surface area contributed by atoms with E-state index in [9.17, 15) is 27.9 Å². The molecule has 150 valence electrons. The van der Waals surface area contributed by atoms with Crippen LogP contribution in [0.25, 0.3) is 0 Å². The number of alkyl halides is 3. The average Bonchev–Trinajstić information content (AvgIpc) is 2.66. The van der Waals surface area contributed by atoms with E-state index in [-0.39, 0.29) is 18.7 Å². The molecule has 0 bridgehead atoms. The number of rotatable bonds is 7. The molecule has 0 spiro atoms. The summed E-state index contributed by atoms with van der Waals surface area (Å²) in [6, 6.07) is 12.1. The fraction of sp³-hybridized carbons (Fsp3) is 0.300. The van der Waals surface area contributed by atoms with Crippen LogP contribution in [-0.4, -0.2) is 28.6 Å². The number of halogens is 3. The molecule has 28 heavy (non-hydrogen) atoms. The van der Waals surface area contributed by atoms with E-state index in [0.717, 1.165) is 17.7 Å². The van der Waals surface area contributed by atoms with Crippen molar-refractivity contribution in [2.75, 3.05) is 6.54 Å². The van der Waals surface area contributed by atoms with Crippen molar-refractivity contribution in [1.82, 2.24) is 4.90 Å². The van der Waals surface area contributed by atoms with Crippen LogP contribution in [0.3, 0.4) is 0 Å². The third-order valence-corrected chi connectivity index (χ3v) is 4.15. The lowest BCUT2D eigenvalue weighted by Gasteiger charge is -2.29. The Bertz CT molecular complexity index is 791. The summed E-state index contributed by atoms with van der Waals surface area (Å²) in [6.07, 6.45) is -5.70. The highest BCUT2D eigenvalue weighted by atomic mass is 19.4. The molecule has 0 aliphatic carbocycles. The number of aliphatic carboxylic acids is 1. The first kappa shape index (κ1) is 21.3. The molecule has 0 radical (unpaired) electrons. The summed E-state index contributed by atoms with van der Waals surface area (Å²) in [4.78, 5) is 25.0. The van der Waals surface area contributed by atoms with Gasteiger partial charge >= 0.3 is 18.2 Å². The molecule has 1 unspecified atom stereocenters. The van der Waals surface area contributed by atoms with Gasteiger partial charge in [0.25, 0.3) is 0 Å². The molecule has 1 atom stereocenters. The first-order chi connectivity index (χ1) is 13.2. The Morgan fingerprint density at radius 2 is 1.68 bits per heavy atom. The Hall–Kier alpha value is -3.03. The summed E-state index contributed by atoms with van der Waals surface area (Å²) in [6.45, 7) is 1.78. The number of nitrogens with zero attached hydrogens (tertiary/aromatic N) is 1. The number of carboxylic acid groups (broad SMARTS) is 1. The normalized spacial score (nSPS) is 12.3. The summed E-state index contributed by atoms with van der Waals surface area (Å²) >= 11 is 0. The molecule has 0 heterocycles. The summed E-state index contributed by atoms with van der Waals surface area (Å²) in [5.41, 5.74) is 0.199. The lowest BCUT2D eigenvalue weighted by Crippen LogP contribution is -2.36. The van der Waals surface area contributed by atoms with Crippen LogP contribution < -0.4 is 0 Å². The highest BCUT2D eigenvalue weighted by Gasteiger charge is 2.32. The van der Waals surface area contributed by atoms with Gasteiger partial charge in [0.1, 0.15) is 6.61 Å². The molecule has 0 aliphatic heterocycles.